The Morgan fingerprint density at radius 1 is 0.633 bits per heavy atom. The van der Waals surface area contributed by atoms with Gasteiger partial charge in [0.15, 0.2) is 0 Å². The van der Waals surface area contributed by atoms with Crippen LogP contribution in [-0.2, 0) is 27.9 Å². The summed E-state index contributed by atoms with van der Waals surface area (Å²) in [4.78, 5) is 8.88. The molecular formula is C40H46Cl2N2O4Ti. The van der Waals surface area contributed by atoms with Gasteiger partial charge < -0.3 is 19.7 Å². The first kappa shape index (κ1) is 41.4. The minimum absolute atomic E-state index is 0.119. The fourth-order valence-electron chi connectivity index (χ4n) is 4.45. The van der Waals surface area contributed by atoms with Crippen molar-refractivity contribution < 1.29 is 36.7 Å². The standard InChI is InChI=1S/2C20H23NO2.2ClH.Ti/c2*1-5-12-23-17-10-7-9-16(13-17)21-14-15-8-6-11-18(19(15)22)20(2,3)4;;;/h2*5-11,13-14,22H,1,12H2,2-4H3;2*1H;/q;;;;+2/p-2. The molecule has 0 amide bonds. The van der Waals surface area contributed by atoms with Gasteiger partial charge in [0.1, 0.15) is 36.2 Å². The molecule has 4 aromatic carbocycles. The molecule has 9 heteroatoms. The summed E-state index contributed by atoms with van der Waals surface area (Å²) in [6, 6.07) is 26.5. The summed E-state index contributed by atoms with van der Waals surface area (Å²) < 4.78 is 11.0. The summed E-state index contributed by atoms with van der Waals surface area (Å²) in [6.45, 7) is 20.6. The SMILES string of the molecule is C=CCOc1cccc(N=Cc2cccc(C(C)(C)C)c2O)c1.C=CCOc1cccc(N=Cc2cccc(C(C)(C)C)c2O)c1.[Cl][Ti][Cl]. The van der Waals surface area contributed by atoms with Gasteiger partial charge in [-0.3, -0.25) is 9.98 Å². The number of ether oxygens (including phenoxy) is 2. The Morgan fingerprint density at radius 3 is 1.31 bits per heavy atom. The number of hydrogen-bond donors (Lipinski definition) is 2. The van der Waals surface area contributed by atoms with Crippen molar-refractivity contribution in [2.24, 2.45) is 9.98 Å². The maximum atomic E-state index is 10.4. The summed E-state index contributed by atoms with van der Waals surface area (Å²) in [5.74, 6) is 2.05. The van der Waals surface area contributed by atoms with Gasteiger partial charge in [-0.15, -0.1) is 0 Å². The molecule has 0 saturated carbocycles. The number of hydrogen-bond acceptors (Lipinski definition) is 6. The number of aromatic hydroxyl groups is 2. The molecule has 6 nitrogen and oxygen atoms in total. The molecule has 0 aliphatic rings. The van der Waals surface area contributed by atoms with Crippen molar-refractivity contribution in [3.63, 3.8) is 0 Å². The van der Waals surface area contributed by atoms with Gasteiger partial charge in [0.2, 0.25) is 0 Å². The Morgan fingerprint density at radius 2 is 0.980 bits per heavy atom. The van der Waals surface area contributed by atoms with E-state index in [0.717, 1.165) is 34.0 Å². The number of aliphatic imine (C=N–C) groups is 2. The van der Waals surface area contributed by atoms with Crippen LogP contribution >= 0.6 is 18.6 Å². The fourth-order valence-corrected chi connectivity index (χ4v) is 4.45. The van der Waals surface area contributed by atoms with Crippen molar-refractivity contribution in [2.45, 2.75) is 52.4 Å². The Hall–Kier alpha value is -3.81. The molecule has 0 bridgehead atoms. The molecule has 0 unspecified atom stereocenters. The van der Waals surface area contributed by atoms with Crippen molar-refractivity contribution in [1.29, 1.82) is 0 Å². The van der Waals surface area contributed by atoms with Gasteiger partial charge in [0.05, 0.1) is 11.4 Å². The zero-order valence-electron chi connectivity index (χ0n) is 29.1. The zero-order valence-corrected chi connectivity index (χ0v) is 32.2. The number of rotatable bonds is 10. The van der Waals surface area contributed by atoms with Crippen molar-refractivity contribution in [3.8, 4) is 23.0 Å². The third kappa shape index (κ3) is 14.3. The van der Waals surface area contributed by atoms with Crippen LogP contribution in [0.3, 0.4) is 0 Å². The maximum absolute atomic E-state index is 10.4. The van der Waals surface area contributed by atoms with E-state index in [1.807, 2.05) is 84.9 Å². The normalized spacial score (nSPS) is 11.2. The van der Waals surface area contributed by atoms with Crippen molar-refractivity contribution in [3.05, 3.63) is 132 Å². The molecule has 2 N–H and O–H groups in total. The molecule has 0 atom stereocenters. The second-order valence-corrected chi connectivity index (χ2v) is 15.3. The second kappa shape index (κ2) is 20.6. The van der Waals surface area contributed by atoms with Crippen LogP contribution in [0.1, 0.15) is 63.8 Å². The van der Waals surface area contributed by atoms with Crippen LogP contribution in [0.4, 0.5) is 11.4 Å². The molecule has 0 saturated heterocycles. The molecule has 49 heavy (non-hydrogen) atoms. The first-order valence-corrected chi connectivity index (χ1v) is 19.9. The van der Waals surface area contributed by atoms with Crippen molar-refractivity contribution in [1.82, 2.24) is 0 Å². The van der Waals surface area contributed by atoms with Gasteiger partial charge in [-0.2, -0.15) is 0 Å². The van der Waals surface area contributed by atoms with Crippen molar-refractivity contribution in [2.75, 3.05) is 13.2 Å². The molecule has 0 aliphatic heterocycles. The minimum atomic E-state index is -0.556. The molecule has 0 fully saturated rings. The van der Waals surface area contributed by atoms with Gasteiger partial charge in [-0.25, -0.2) is 0 Å². The monoisotopic (exact) mass is 736 g/mol. The van der Waals surface area contributed by atoms with Crippen LogP contribution < -0.4 is 9.47 Å². The molecule has 258 valence electrons. The van der Waals surface area contributed by atoms with E-state index in [2.05, 4.69) is 64.7 Å². The number of phenols is 2. The molecule has 0 heterocycles. The topological polar surface area (TPSA) is 83.6 Å². The van der Waals surface area contributed by atoms with E-state index in [4.69, 9.17) is 28.1 Å². The molecular weight excluding hydrogens is 691 g/mol. The van der Waals surface area contributed by atoms with E-state index in [0.29, 0.717) is 24.3 Å². The molecule has 4 rings (SSSR count). The van der Waals surface area contributed by atoms with E-state index in [1.165, 1.54) is 0 Å². The predicted octanol–water partition coefficient (Wildman–Crippen LogP) is 11.4. The molecule has 0 aromatic heterocycles. The average molecular weight is 738 g/mol. The van der Waals surface area contributed by atoms with Crippen molar-refractivity contribution >= 4 is 42.4 Å². The predicted molar refractivity (Wildman–Crippen MR) is 204 cm³/mol. The third-order valence-electron chi connectivity index (χ3n) is 6.83. The first-order chi connectivity index (χ1) is 23.2. The van der Waals surface area contributed by atoms with Crippen LogP contribution in [0.15, 0.2) is 120 Å². The van der Waals surface area contributed by atoms with Gasteiger partial charge >= 0.3 is 35.6 Å². The van der Waals surface area contributed by atoms with Crippen LogP contribution in [0.2, 0.25) is 0 Å². The number of para-hydroxylation sites is 2. The Balaban J connectivity index is 0.000000315. The third-order valence-corrected chi connectivity index (χ3v) is 6.83. The van der Waals surface area contributed by atoms with E-state index >= 15 is 0 Å². The van der Waals surface area contributed by atoms with Crippen LogP contribution in [0.25, 0.3) is 0 Å². The first-order valence-electron chi connectivity index (χ1n) is 15.6. The number of benzene rings is 4. The van der Waals surface area contributed by atoms with E-state index in [-0.39, 0.29) is 22.3 Å². The van der Waals surface area contributed by atoms with Crippen LogP contribution in [0.5, 0.6) is 23.0 Å². The summed E-state index contributed by atoms with van der Waals surface area (Å²) >= 11 is -0.556. The summed E-state index contributed by atoms with van der Waals surface area (Å²) in [6.07, 6.45) is 6.76. The summed E-state index contributed by atoms with van der Waals surface area (Å²) in [5.41, 5.74) is 4.52. The van der Waals surface area contributed by atoms with E-state index < -0.39 is 17.0 Å². The number of nitrogens with zero attached hydrogens (tertiary/aromatic N) is 2. The molecule has 4 aromatic rings. The van der Waals surface area contributed by atoms with Gasteiger partial charge in [0.25, 0.3) is 0 Å². The summed E-state index contributed by atoms with van der Waals surface area (Å²) in [7, 11) is 9.78. The Labute approximate surface area is 308 Å². The molecule has 0 spiro atoms. The average Bonchev–Trinajstić information content (AvgIpc) is 3.05. The van der Waals surface area contributed by atoms with E-state index in [1.54, 1.807) is 24.6 Å². The number of halogens is 2. The van der Waals surface area contributed by atoms with E-state index in [9.17, 15) is 10.2 Å². The summed E-state index contributed by atoms with van der Waals surface area (Å²) in [5, 5.41) is 20.9. The van der Waals surface area contributed by atoms with Gasteiger partial charge in [-0.05, 0) is 58.4 Å². The number of phenolic OH excluding ortho intramolecular Hbond substituents is 2. The Bertz CT molecular complexity index is 1580. The molecule has 0 radical (unpaired) electrons. The zero-order chi connectivity index (χ0) is 36.5. The Kier molecular flexibility index (Phi) is 17.4. The second-order valence-electron chi connectivity index (χ2n) is 12.8. The van der Waals surface area contributed by atoms with Gasteiger partial charge in [0, 0.05) is 35.7 Å². The van der Waals surface area contributed by atoms with Crippen LogP contribution in [-0.4, -0.2) is 35.9 Å². The van der Waals surface area contributed by atoms with Crippen LogP contribution in [0, 0.1) is 0 Å². The van der Waals surface area contributed by atoms with Gasteiger partial charge in [-0.1, -0.05) is 103 Å². The fraction of sp³-hybridized carbons (Fsp3) is 0.250. The molecule has 0 aliphatic carbocycles. The quantitative estimate of drug-likeness (QED) is 0.0964.